The molecule has 0 rings (SSSR count). The van der Waals surface area contributed by atoms with Crippen LogP contribution < -0.4 is 11.3 Å². The summed E-state index contributed by atoms with van der Waals surface area (Å²) in [5.41, 5.74) is 2.21. The van der Waals surface area contributed by atoms with E-state index in [4.69, 9.17) is 5.84 Å². The zero-order valence-corrected chi connectivity index (χ0v) is 9.49. The van der Waals surface area contributed by atoms with Gasteiger partial charge in [0.05, 0.1) is 5.25 Å². The van der Waals surface area contributed by atoms with E-state index in [2.05, 4.69) is 12.3 Å². The lowest BCUT2D eigenvalue weighted by molar-refractivity contribution is -0.121. The molecule has 3 N–H and O–H groups in total. The third-order valence-electron chi connectivity index (χ3n) is 1.80. The van der Waals surface area contributed by atoms with Crippen LogP contribution in [-0.4, -0.2) is 16.9 Å². The van der Waals surface area contributed by atoms with Crippen LogP contribution in [0.3, 0.4) is 0 Å². The van der Waals surface area contributed by atoms with Crippen molar-refractivity contribution >= 4 is 17.7 Å². The molecule has 78 valence electrons. The molecule has 0 aliphatic rings. The third kappa shape index (κ3) is 5.16. The van der Waals surface area contributed by atoms with Crippen molar-refractivity contribution in [2.75, 3.05) is 5.75 Å². The lowest BCUT2D eigenvalue weighted by Crippen LogP contribution is -2.40. The lowest BCUT2D eigenvalue weighted by atomic mass is 10.1. The van der Waals surface area contributed by atoms with E-state index in [1.807, 2.05) is 13.8 Å². The molecule has 0 saturated carbocycles. The van der Waals surface area contributed by atoms with Crippen molar-refractivity contribution in [1.82, 2.24) is 5.43 Å². The molecule has 0 aromatic carbocycles. The number of nitrogens with one attached hydrogen (secondary N) is 1. The van der Waals surface area contributed by atoms with Gasteiger partial charge in [-0.15, -0.1) is 11.8 Å². The van der Waals surface area contributed by atoms with Crippen LogP contribution in [0, 0.1) is 5.92 Å². The number of carbonyl (C=O) groups excluding carboxylic acids is 1. The van der Waals surface area contributed by atoms with E-state index in [1.165, 1.54) is 6.42 Å². The van der Waals surface area contributed by atoms with Gasteiger partial charge in [-0.25, -0.2) is 5.84 Å². The molecule has 0 heterocycles. The van der Waals surface area contributed by atoms with E-state index >= 15 is 0 Å². The average molecular weight is 204 g/mol. The summed E-state index contributed by atoms with van der Waals surface area (Å²) in [6, 6.07) is 0. The Hall–Kier alpha value is -0.220. The van der Waals surface area contributed by atoms with Crippen molar-refractivity contribution in [3.8, 4) is 0 Å². The first-order chi connectivity index (χ1) is 6.13. The van der Waals surface area contributed by atoms with Crippen LogP contribution in [0.5, 0.6) is 0 Å². The minimum Gasteiger partial charge on any atom is -0.293 e. The Morgan fingerprint density at radius 1 is 1.54 bits per heavy atom. The summed E-state index contributed by atoms with van der Waals surface area (Å²) >= 11 is 1.69. The standard InChI is InChI=1S/C9H20N2OS/c1-4-5-6-13-8(7(2)3)9(12)11-10/h7-8H,4-6,10H2,1-3H3,(H,11,12). The number of thioether (sulfide) groups is 1. The molecular formula is C9H20N2OS. The molecule has 0 aliphatic carbocycles. The fourth-order valence-electron chi connectivity index (χ4n) is 1.01. The molecule has 1 amide bonds. The van der Waals surface area contributed by atoms with Crippen molar-refractivity contribution < 1.29 is 4.79 Å². The summed E-state index contributed by atoms with van der Waals surface area (Å²) in [5, 5.41) is -0.00319. The van der Waals surface area contributed by atoms with Gasteiger partial charge < -0.3 is 0 Å². The zero-order valence-electron chi connectivity index (χ0n) is 8.67. The maximum Gasteiger partial charge on any atom is 0.247 e. The number of amides is 1. The predicted octanol–water partition coefficient (Wildman–Crippen LogP) is 1.53. The zero-order chi connectivity index (χ0) is 10.3. The Morgan fingerprint density at radius 3 is 2.54 bits per heavy atom. The highest BCUT2D eigenvalue weighted by Crippen LogP contribution is 2.20. The molecular weight excluding hydrogens is 184 g/mol. The third-order valence-corrected chi connectivity index (χ3v) is 3.44. The predicted molar refractivity (Wildman–Crippen MR) is 58.3 cm³/mol. The highest BCUT2D eigenvalue weighted by molar-refractivity contribution is 8.00. The minimum atomic E-state index is -0.0592. The van der Waals surface area contributed by atoms with Gasteiger partial charge in [-0.05, 0) is 18.1 Å². The fourth-order valence-corrected chi connectivity index (χ4v) is 2.32. The Kier molecular flexibility index (Phi) is 7.09. The van der Waals surface area contributed by atoms with Gasteiger partial charge in [-0.1, -0.05) is 27.2 Å². The number of rotatable bonds is 6. The van der Waals surface area contributed by atoms with Crippen LogP contribution in [0.1, 0.15) is 33.6 Å². The van der Waals surface area contributed by atoms with Crippen molar-refractivity contribution in [2.45, 2.75) is 38.9 Å². The van der Waals surface area contributed by atoms with Crippen LogP contribution in [0.2, 0.25) is 0 Å². The number of hydrogen-bond donors (Lipinski definition) is 2. The molecule has 0 bridgehead atoms. The minimum absolute atomic E-state index is 0.00319. The largest absolute Gasteiger partial charge is 0.293 e. The van der Waals surface area contributed by atoms with Crippen molar-refractivity contribution in [1.29, 1.82) is 0 Å². The van der Waals surface area contributed by atoms with E-state index in [1.54, 1.807) is 11.8 Å². The molecule has 0 fully saturated rings. The van der Waals surface area contributed by atoms with E-state index in [-0.39, 0.29) is 11.2 Å². The molecule has 0 aromatic heterocycles. The van der Waals surface area contributed by atoms with E-state index in [0.29, 0.717) is 5.92 Å². The number of carbonyl (C=O) groups is 1. The number of nitrogens with two attached hydrogens (primary N) is 1. The molecule has 1 atom stereocenters. The molecule has 4 heteroatoms. The van der Waals surface area contributed by atoms with Gasteiger partial charge in [0.25, 0.3) is 0 Å². The second-order valence-corrected chi connectivity index (χ2v) is 4.65. The summed E-state index contributed by atoms with van der Waals surface area (Å²) in [5.74, 6) is 6.42. The molecule has 3 nitrogen and oxygen atoms in total. The summed E-state index contributed by atoms with van der Waals surface area (Å²) in [6.07, 6.45) is 2.33. The summed E-state index contributed by atoms with van der Waals surface area (Å²) < 4.78 is 0. The molecule has 13 heavy (non-hydrogen) atoms. The Bertz CT molecular complexity index is 151. The van der Waals surface area contributed by atoms with Gasteiger partial charge in [0.15, 0.2) is 0 Å². The smallest absolute Gasteiger partial charge is 0.247 e. The second-order valence-electron chi connectivity index (χ2n) is 3.40. The molecule has 1 unspecified atom stereocenters. The first kappa shape index (κ1) is 12.8. The van der Waals surface area contributed by atoms with Gasteiger partial charge in [0.1, 0.15) is 0 Å². The maximum absolute atomic E-state index is 11.3. The van der Waals surface area contributed by atoms with Gasteiger partial charge in [0, 0.05) is 0 Å². The highest BCUT2D eigenvalue weighted by Gasteiger charge is 2.20. The normalized spacial score (nSPS) is 13.0. The van der Waals surface area contributed by atoms with E-state index < -0.39 is 0 Å². The number of hydrazine groups is 1. The van der Waals surface area contributed by atoms with Gasteiger partial charge in [0.2, 0.25) is 5.91 Å². The molecule has 0 aliphatic heterocycles. The Labute approximate surface area is 84.8 Å². The van der Waals surface area contributed by atoms with Crippen molar-refractivity contribution in [3.63, 3.8) is 0 Å². The van der Waals surface area contributed by atoms with Crippen LogP contribution in [0.4, 0.5) is 0 Å². The highest BCUT2D eigenvalue weighted by atomic mass is 32.2. The van der Waals surface area contributed by atoms with Crippen molar-refractivity contribution in [2.24, 2.45) is 11.8 Å². The number of hydrogen-bond acceptors (Lipinski definition) is 3. The summed E-state index contributed by atoms with van der Waals surface area (Å²) in [7, 11) is 0. The van der Waals surface area contributed by atoms with Gasteiger partial charge >= 0.3 is 0 Å². The monoisotopic (exact) mass is 204 g/mol. The Morgan fingerprint density at radius 2 is 2.15 bits per heavy atom. The van der Waals surface area contributed by atoms with Gasteiger partial charge in [-0.2, -0.15) is 0 Å². The molecule has 0 radical (unpaired) electrons. The molecule has 0 aromatic rings. The second kappa shape index (κ2) is 7.21. The topological polar surface area (TPSA) is 55.1 Å². The van der Waals surface area contributed by atoms with Crippen LogP contribution in [-0.2, 0) is 4.79 Å². The fraction of sp³-hybridized carbons (Fsp3) is 0.889. The Balaban J connectivity index is 3.88. The van der Waals surface area contributed by atoms with Gasteiger partial charge in [-0.3, -0.25) is 10.2 Å². The quantitative estimate of drug-likeness (QED) is 0.298. The summed E-state index contributed by atoms with van der Waals surface area (Å²) in [4.78, 5) is 11.3. The lowest BCUT2D eigenvalue weighted by Gasteiger charge is -2.17. The average Bonchev–Trinajstić information content (AvgIpc) is 2.11. The number of unbranched alkanes of at least 4 members (excludes halogenated alkanes) is 1. The first-order valence-corrected chi connectivity index (χ1v) is 5.80. The van der Waals surface area contributed by atoms with E-state index in [9.17, 15) is 4.79 Å². The van der Waals surface area contributed by atoms with E-state index in [0.717, 1.165) is 12.2 Å². The molecule has 0 spiro atoms. The van der Waals surface area contributed by atoms with Crippen LogP contribution in [0.15, 0.2) is 0 Å². The van der Waals surface area contributed by atoms with Crippen LogP contribution >= 0.6 is 11.8 Å². The SMILES string of the molecule is CCCCSC(C(=O)NN)C(C)C. The first-order valence-electron chi connectivity index (χ1n) is 4.75. The maximum atomic E-state index is 11.3. The van der Waals surface area contributed by atoms with Crippen LogP contribution in [0.25, 0.3) is 0 Å². The summed E-state index contributed by atoms with van der Waals surface area (Å²) in [6.45, 7) is 6.23. The van der Waals surface area contributed by atoms with Crippen molar-refractivity contribution in [3.05, 3.63) is 0 Å². The molecule has 0 saturated heterocycles.